The molecule has 322 valence electrons. The van der Waals surface area contributed by atoms with Crippen LogP contribution >= 0.6 is 0 Å². The molecule has 6 atom stereocenters. The minimum Gasteiger partial charge on any atom is -0.381 e. The number of amides is 2. The van der Waals surface area contributed by atoms with E-state index in [-0.39, 0.29) is 61.2 Å². The molecule has 6 unspecified atom stereocenters. The van der Waals surface area contributed by atoms with E-state index in [1.54, 1.807) is 4.68 Å². The lowest BCUT2D eigenvalue weighted by molar-refractivity contribution is -0.136. The van der Waals surface area contributed by atoms with Gasteiger partial charge >= 0.3 is 0 Å². The van der Waals surface area contributed by atoms with Gasteiger partial charge in [-0.15, -0.1) is 0 Å². The Labute approximate surface area is 341 Å². The van der Waals surface area contributed by atoms with Gasteiger partial charge in [-0.3, -0.25) is 14.5 Å². The summed E-state index contributed by atoms with van der Waals surface area (Å²) >= 11 is 0. The van der Waals surface area contributed by atoms with Crippen molar-refractivity contribution < 1.29 is 18.4 Å². The molecule has 57 heavy (non-hydrogen) atoms. The van der Waals surface area contributed by atoms with Crippen molar-refractivity contribution in [2.45, 2.75) is 165 Å². The van der Waals surface area contributed by atoms with Crippen molar-refractivity contribution >= 4 is 23.5 Å². The smallest absolute Gasteiger partial charge is 0.259 e. The molecular formula is C44H75F2N9O2. The van der Waals surface area contributed by atoms with Crippen LogP contribution in [0, 0.1) is 11.8 Å². The van der Waals surface area contributed by atoms with Gasteiger partial charge < -0.3 is 31.1 Å². The number of likely N-dealkylation sites (N-methyl/N-ethyl adjacent to an activating group) is 2. The van der Waals surface area contributed by atoms with Crippen LogP contribution in [0.5, 0.6) is 0 Å². The number of halogens is 2. The molecule has 1 aromatic rings. The standard InChI is InChI=1S/C44H75F2N9O2/c1-51(2)27-28-52(3)44(57)33-23-25-53(26-24-33)40-36(46)29-48-38(32-19-15-11-7-6-8-12-16-20-32)39(40)49-42(56)37-41(47)50-55-31-34(45)30-54(43(37)55)35-21-17-13-9-4-5-10-14-18-22-35/h15,19,32-36,38-40,48H,4-14,16-18,20-31H2,1-3H3,(H2,47,50)(H,49,56)/b19-15-. The molecule has 0 radical (unpaired) electrons. The molecule has 3 fully saturated rings. The van der Waals surface area contributed by atoms with E-state index in [0.717, 1.165) is 70.8 Å². The van der Waals surface area contributed by atoms with E-state index in [9.17, 15) is 9.59 Å². The molecule has 11 nitrogen and oxygen atoms in total. The first-order valence-electron chi connectivity index (χ1n) is 22.9. The monoisotopic (exact) mass is 800 g/mol. The van der Waals surface area contributed by atoms with E-state index < -0.39 is 24.4 Å². The van der Waals surface area contributed by atoms with Crippen LogP contribution in [0.15, 0.2) is 12.2 Å². The predicted molar refractivity (Wildman–Crippen MR) is 226 cm³/mol. The van der Waals surface area contributed by atoms with Crippen molar-refractivity contribution in [3.63, 3.8) is 0 Å². The number of hydrogen-bond acceptors (Lipinski definition) is 8. The molecule has 0 spiro atoms. The van der Waals surface area contributed by atoms with Crippen molar-refractivity contribution in [2.24, 2.45) is 11.8 Å². The van der Waals surface area contributed by atoms with Gasteiger partial charge in [-0.05, 0) is 78.0 Å². The highest BCUT2D eigenvalue weighted by molar-refractivity contribution is 6.03. The quantitative estimate of drug-likeness (QED) is 0.249. The van der Waals surface area contributed by atoms with E-state index in [0.29, 0.717) is 43.9 Å². The zero-order valence-corrected chi connectivity index (χ0v) is 35.5. The topological polar surface area (TPSA) is 115 Å². The van der Waals surface area contributed by atoms with Gasteiger partial charge in [0.15, 0.2) is 5.82 Å². The maximum Gasteiger partial charge on any atom is 0.259 e. The number of carbonyl (C=O) groups excluding carboxylic acids is 2. The molecule has 1 aromatic heterocycles. The summed E-state index contributed by atoms with van der Waals surface area (Å²) in [5.41, 5.74) is 6.95. The van der Waals surface area contributed by atoms with Gasteiger partial charge in [-0.2, -0.15) is 5.10 Å². The van der Waals surface area contributed by atoms with Crippen LogP contribution in [0.1, 0.15) is 132 Å². The first-order valence-corrected chi connectivity index (χ1v) is 22.9. The van der Waals surface area contributed by atoms with Gasteiger partial charge in [0.1, 0.15) is 23.7 Å². The number of nitrogens with two attached hydrogens (primary N) is 1. The fourth-order valence-electron chi connectivity index (χ4n) is 10.5. The zero-order valence-electron chi connectivity index (χ0n) is 35.5. The van der Waals surface area contributed by atoms with E-state index in [4.69, 9.17) is 5.73 Å². The molecular weight excluding hydrogens is 725 g/mol. The second-order valence-electron chi connectivity index (χ2n) is 18.3. The number of rotatable bonds is 9. The Balaban J connectivity index is 1.28. The maximum atomic E-state index is 16.7. The van der Waals surface area contributed by atoms with Crippen LogP contribution in [-0.2, 0) is 11.3 Å². The lowest BCUT2D eigenvalue weighted by atomic mass is 9.79. The third-order valence-corrected chi connectivity index (χ3v) is 13.8. The number of piperidine rings is 2. The van der Waals surface area contributed by atoms with Gasteiger partial charge in [-0.1, -0.05) is 89.2 Å². The molecule has 13 heteroatoms. The first-order chi connectivity index (χ1) is 27.6. The van der Waals surface area contributed by atoms with Gasteiger partial charge in [-0.25, -0.2) is 13.5 Å². The number of aromatic nitrogens is 2. The molecule has 4 heterocycles. The van der Waals surface area contributed by atoms with Crippen molar-refractivity contribution in [3.05, 3.63) is 17.7 Å². The van der Waals surface area contributed by atoms with Crippen LogP contribution in [0.2, 0.25) is 0 Å². The van der Waals surface area contributed by atoms with E-state index in [1.807, 2.05) is 26.0 Å². The number of hydrogen-bond donors (Lipinski definition) is 3. The summed E-state index contributed by atoms with van der Waals surface area (Å²) in [5.74, 6) is 0.517. The predicted octanol–water partition coefficient (Wildman–Crippen LogP) is 6.33. The van der Waals surface area contributed by atoms with Crippen LogP contribution in [-0.4, -0.2) is 133 Å². The Morgan fingerprint density at radius 2 is 1.49 bits per heavy atom. The highest BCUT2D eigenvalue weighted by Crippen LogP contribution is 2.37. The summed E-state index contributed by atoms with van der Waals surface area (Å²) in [4.78, 5) is 36.6. The van der Waals surface area contributed by atoms with Crippen molar-refractivity contribution in [1.82, 2.24) is 35.1 Å². The average Bonchev–Trinajstić information content (AvgIpc) is 3.50. The lowest BCUT2D eigenvalue weighted by Crippen LogP contribution is -2.71. The SMILES string of the molecule is CN(C)CCN(C)C(=O)C1CCN(C2C(F)CNC(C3/C=C\CCCCCCC3)C2NC(=O)c2c(N)nn3c2N(C2CCCCCCCCCC2)CC(F)C3)CC1. The normalized spacial score (nSPS) is 30.2. The second kappa shape index (κ2) is 21.5. The summed E-state index contributed by atoms with van der Waals surface area (Å²) < 4.78 is 33.8. The summed E-state index contributed by atoms with van der Waals surface area (Å²) in [5, 5.41) is 11.6. The summed E-state index contributed by atoms with van der Waals surface area (Å²) in [7, 11) is 5.89. The maximum absolute atomic E-state index is 16.7. The number of carbonyl (C=O) groups is 2. The summed E-state index contributed by atoms with van der Waals surface area (Å²) in [6, 6.07) is -1.24. The lowest BCUT2D eigenvalue weighted by Gasteiger charge is -2.49. The number of anilines is 2. The Morgan fingerprint density at radius 3 is 2.16 bits per heavy atom. The summed E-state index contributed by atoms with van der Waals surface area (Å²) in [6.45, 7) is 3.12. The minimum absolute atomic E-state index is 0.0592. The number of likely N-dealkylation sites (tertiary alicyclic amines) is 1. The molecule has 2 saturated heterocycles. The van der Waals surface area contributed by atoms with Crippen LogP contribution in [0.25, 0.3) is 0 Å². The largest absolute Gasteiger partial charge is 0.381 e. The molecule has 2 aliphatic carbocycles. The molecule has 2 amide bonds. The molecule has 3 aliphatic heterocycles. The molecule has 0 aromatic carbocycles. The number of alkyl halides is 2. The van der Waals surface area contributed by atoms with Crippen molar-refractivity contribution in [1.29, 1.82) is 0 Å². The molecule has 1 saturated carbocycles. The number of allylic oxidation sites excluding steroid dienone is 1. The minimum atomic E-state index is -1.22. The van der Waals surface area contributed by atoms with E-state index in [2.05, 4.69) is 42.6 Å². The highest BCUT2D eigenvalue weighted by Gasteiger charge is 2.48. The third kappa shape index (κ3) is 11.5. The van der Waals surface area contributed by atoms with Gasteiger partial charge in [0, 0.05) is 44.7 Å². The van der Waals surface area contributed by atoms with Crippen LogP contribution in [0.4, 0.5) is 20.4 Å². The van der Waals surface area contributed by atoms with Crippen LogP contribution < -0.4 is 21.3 Å². The van der Waals surface area contributed by atoms with Gasteiger partial charge in [0.05, 0.1) is 25.2 Å². The zero-order chi connectivity index (χ0) is 40.3. The number of nitrogen functional groups attached to an aromatic ring is 1. The van der Waals surface area contributed by atoms with E-state index in [1.165, 1.54) is 44.9 Å². The Kier molecular flexibility index (Phi) is 16.5. The Hall–Kier alpha value is -2.77. The molecule has 5 aliphatic rings. The van der Waals surface area contributed by atoms with Crippen molar-refractivity contribution in [2.75, 3.05) is 71.0 Å². The molecule has 6 rings (SSSR count). The van der Waals surface area contributed by atoms with Crippen LogP contribution in [0.3, 0.4) is 0 Å². The third-order valence-electron chi connectivity index (χ3n) is 13.8. The number of fused-ring (bicyclic) bond motifs is 1. The second-order valence-corrected chi connectivity index (χ2v) is 18.3. The van der Waals surface area contributed by atoms with Gasteiger partial charge in [0.2, 0.25) is 5.91 Å². The van der Waals surface area contributed by atoms with Gasteiger partial charge in [0.25, 0.3) is 5.91 Å². The fraction of sp³-hybridized carbons (Fsp3) is 0.841. The number of nitrogens with one attached hydrogen (secondary N) is 2. The fourth-order valence-corrected chi connectivity index (χ4v) is 10.5. The summed E-state index contributed by atoms with van der Waals surface area (Å²) in [6.07, 6.45) is 22.8. The molecule has 0 bridgehead atoms. The Morgan fingerprint density at radius 1 is 0.860 bits per heavy atom. The number of nitrogens with zero attached hydrogens (tertiary/aromatic N) is 6. The first kappa shape index (κ1) is 43.8. The molecule has 4 N–H and O–H groups in total. The average molecular weight is 800 g/mol. The highest BCUT2D eigenvalue weighted by atomic mass is 19.1. The van der Waals surface area contributed by atoms with E-state index >= 15 is 8.78 Å². The Bertz CT molecular complexity index is 1440. The van der Waals surface area contributed by atoms with Crippen molar-refractivity contribution in [3.8, 4) is 0 Å².